The third-order valence-electron chi connectivity index (χ3n) is 5.51. The highest BCUT2D eigenvalue weighted by molar-refractivity contribution is 6.12. The van der Waals surface area contributed by atoms with Gasteiger partial charge in [0.25, 0.3) is 5.91 Å². The highest BCUT2D eigenvalue weighted by atomic mass is 16.3. The van der Waals surface area contributed by atoms with Crippen molar-refractivity contribution >= 4 is 33.5 Å². The van der Waals surface area contributed by atoms with Crippen molar-refractivity contribution in [1.82, 2.24) is 4.98 Å². The van der Waals surface area contributed by atoms with E-state index in [0.29, 0.717) is 17.9 Å². The normalized spacial score (nSPS) is 11.1. The summed E-state index contributed by atoms with van der Waals surface area (Å²) >= 11 is 0. The molecule has 1 aromatic heterocycles. The smallest absolute Gasteiger partial charge is 0.256 e. The Morgan fingerprint density at radius 2 is 1.68 bits per heavy atom. The molecule has 4 heteroatoms. The van der Waals surface area contributed by atoms with Crippen LogP contribution in [0.4, 0.5) is 5.69 Å². The lowest BCUT2D eigenvalue weighted by molar-refractivity contribution is 0.102. The van der Waals surface area contributed by atoms with Gasteiger partial charge in [-0.15, -0.1) is 0 Å². The van der Waals surface area contributed by atoms with E-state index in [0.717, 1.165) is 39.5 Å². The van der Waals surface area contributed by atoms with E-state index >= 15 is 0 Å². The fourth-order valence-electron chi connectivity index (χ4n) is 3.82. The number of hydrogen-bond acceptors (Lipinski definition) is 3. The summed E-state index contributed by atoms with van der Waals surface area (Å²) in [7, 11) is 0. The third kappa shape index (κ3) is 3.92. The highest BCUT2D eigenvalue weighted by Crippen LogP contribution is 2.22. The maximum absolute atomic E-state index is 12.8. The van der Waals surface area contributed by atoms with E-state index < -0.39 is 0 Å². The lowest BCUT2D eigenvalue weighted by atomic mass is 10.0. The topological polar surface area (TPSA) is 55.1 Å². The molecule has 0 spiro atoms. The monoisotopic (exact) mass is 406 g/mol. The Labute approximate surface area is 180 Å². The number of carbonyl (C=O) groups excluding carboxylic acids is 1. The SMILES string of the molecule is CCc1ccc2oc(Cc3ccc(NC(=O)c4cccc5ccccc45)cc3)nc2c1. The number of fused-ring (bicyclic) bond motifs is 2. The molecule has 0 unspecified atom stereocenters. The molecule has 0 aliphatic rings. The number of benzene rings is 4. The van der Waals surface area contributed by atoms with Crippen LogP contribution in [0.3, 0.4) is 0 Å². The Morgan fingerprint density at radius 1 is 0.903 bits per heavy atom. The van der Waals surface area contributed by atoms with Crippen LogP contribution in [0, 0.1) is 0 Å². The predicted octanol–water partition coefficient (Wildman–Crippen LogP) is 6.39. The van der Waals surface area contributed by atoms with Crippen molar-refractivity contribution in [3.63, 3.8) is 0 Å². The highest BCUT2D eigenvalue weighted by Gasteiger charge is 2.11. The number of anilines is 1. The molecule has 0 saturated carbocycles. The number of aryl methyl sites for hydroxylation is 1. The molecular formula is C27H22N2O2. The fraction of sp³-hybridized carbons (Fsp3) is 0.111. The number of aromatic nitrogens is 1. The van der Waals surface area contributed by atoms with Crippen LogP contribution >= 0.6 is 0 Å². The number of nitrogens with one attached hydrogen (secondary N) is 1. The lowest BCUT2D eigenvalue weighted by Gasteiger charge is -2.08. The van der Waals surface area contributed by atoms with Crippen LogP contribution in [0.5, 0.6) is 0 Å². The van der Waals surface area contributed by atoms with Gasteiger partial charge >= 0.3 is 0 Å². The van der Waals surface area contributed by atoms with Crippen LogP contribution in [0.15, 0.2) is 89.3 Å². The molecule has 5 rings (SSSR count). The molecular weight excluding hydrogens is 384 g/mol. The van der Waals surface area contributed by atoms with Crippen LogP contribution in [-0.4, -0.2) is 10.9 Å². The van der Waals surface area contributed by atoms with Gasteiger partial charge in [-0.25, -0.2) is 4.98 Å². The minimum absolute atomic E-state index is 0.116. The van der Waals surface area contributed by atoms with Crippen molar-refractivity contribution in [3.05, 3.63) is 108 Å². The minimum atomic E-state index is -0.116. The summed E-state index contributed by atoms with van der Waals surface area (Å²) in [6.07, 6.45) is 1.58. The van der Waals surface area contributed by atoms with Gasteiger partial charge in [0, 0.05) is 17.7 Å². The van der Waals surface area contributed by atoms with Gasteiger partial charge in [0.1, 0.15) is 5.52 Å². The van der Waals surface area contributed by atoms with Gasteiger partial charge in [-0.05, 0) is 58.7 Å². The molecule has 1 N–H and O–H groups in total. The van der Waals surface area contributed by atoms with Crippen LogP contribution in [-0.2, 0) is 12.8 Å². The second-order valence-electron chi connectivity index (χ2n) is 7.62. The Balaban J connectivity index is 1.31. The van der Waals surface area contributed by atoms with Crippen LogP contribution < -0.4 is 5.32 Å². The molecule has 31 heavy (non-hydrogen) atoms. The predicted molar refractivity (Wildman–Crippen MR) is 125 cm³/mol. The van der Waals surface area contributed by atoms with Crippen LogP contribution in [0.1, 0.15) is 34.3 Å². The summed E-state index contributed by atoms with van der Waals surface area (Å²) < 4.78 is 5.88. The van der Waals surface area contributed by atoms with E-state index in [1.807, 2.05) is 72.8 Å². The summed E-state index contributed by atoms with van der Waals surface area (Å²) in [5.74, 6) is 0.575. The average molecular weight is 406 g/mol. The Hall–Kier alpha value is -3.92. The van der Waals surface area contributed by atoms with Crippen molar-refractivity contribution in [2.24, 2.45) is 0 Å². The first-order chi connectivity index (χ1) is 15.2. The van der Waals surface area contributed by atoms with Crippen molar-refractivity contribution in [3.8, 4) is 0 Å². The molecule has 0 aliphatic heterocycles. The second kappa shape index (κ2) is 8.07. The van der Waals surface area contributed by atoms with Crippen LogP contribution in [0.2, 0.25) is 0 Å². The zero-order valence-electron chi connectivity index (χ0n) is 17.3. The first-order valence-corrected chi connectivity index (χ1v) is 10.5. The number of nitrogens with zero attached hydrogens (tertiary/aromatic N) is 1. The molecule has 152 valence electrons. The van der Waals surface area contributed by atoms with Crippen molar-refractivity contribution in [2.45, 2.75) is 19.8 Å². The van der Waals surface area contributed by atoms with E-state index in [9.17, 15) is 4.79 Å². The molecule has 4 nitrogen and oxygen atoms in total. The molecule has 1 amide bonds. The summed E-state index contributed by atoms with van der Waals surface area (Å²) in [4.78, 5) is 17.4. The van der Waals surface area contributed by atoms with E-state index in [4.69, 9.17) is 4.42 Å². The van der Waals surface area contributed by atoms with Gasteiger partial charge in [-0.3, -0.25) is 4.79 Å². The molecule has 4 aromatic carbocycles. The molecule has 0 aliphatic carbocycles. The molecule has 1 heterocycles. The maximum atomic E-state index is 12.8. The van der Waals surface area contributed by atoms with Crippen LogP contribution in [0.25, 0.3) is 21.9 Å². The van der Waals surface area contributed by atoms with Gasteiger partial charge in [-0.1, -0.05) is 61.5 Å². The first-order valence-electron chi connectivity index (χ1n) is 10.5. The van der Waals surface area contributed by atoms with Gasteiger partial charge in [0.05, 0.1) is 0 Å². The second-order valence-corrected chi connectivity index (χ2v) is 7.62. The lowest BCUT2D eigenvalue weighted by Crippen LogP contribution is -2.12. The molecule has 0 bridgehead atoms. The van der Waals surface area contributed by atoms with E-state index in [-0.39, 0.29) is 5.91 Å². The van der Waals surface area contributed by atoms with E-state index in [1.54, 1.807) is 0 Å². The summed E-state index contributed by atoms with van der Waals surface area (Å²) in [6.45, 7) is 2.13. The zero-order chi connectivity index (χ0) is 21.2. The summed E-state index contributed by atoms with van der Waals surface area (Å²) in [5, 5.41) is 4.99. The first kappa shape index (κ1) is 19.1. The number of rotatable bonds is 5. The van der Waals surface area contributed by atoms with Crippen molar-refractivity contribution in [1.29, 1.82) is 0 Å². The summed E-state index contributed by atoms with van der Waals surface area (Å²) in [6, 6.07) is 27.6. The minimum Gasteiger partial charge on any atom is -0.440 e. The summed E-state index contributed by atoms with van der Waals surface area (Å²) in [5.41, 5.74) is 5.45. The largest absolute Gasteiger partial charge is 0.440 e. The van der Waals surface area contributed by atoms with Crippen molar-refractivity contribution in [2.75, 3.05) is 5.32 Å². The quantitative estimate of drug-likeness (QED) is 0.368. The average Bonchev–Trinajstić information content (AvgIpc) is 3.21. The number of oxazole rings is 1. The third-order valence-corrected chi connectivity index (χ3v) is 5.51. The van der Waals surface area contributed by atoms with Gasteiger partial charge in [-0.2, -0.15) is 0 Å². The Kier molecular flexibility index (Phi) is 4.97. The molecule has 0 saturated heterocycles. The number of carbonyl (C=O) groups is 1. The van der Waals surface area contributed by atoms with Gasteiger partial charge in [0.2, 0.25) is 0 Å². The maximum Gasteiger partial charge on any atom is 0.256 e. The Morgan fingerprint density at radius 3 is 2.52 bits per heavy atom. The fourth-order valence-corrected chi connectivity index (χ4v) is 3.82. The van der Waals surface area contributed by atoms with E-state index in [2.05, 4.69) is 29.4 Å². The number of hydrogen-bond donors (Lipinski definition) is 1. The van der Waals surface area contributed by atoms with Gasteiger partial charge in [0.15, 0.2) is 11.5 Å². The number of amides is 1. The van der Waals surface area contributed by atoms with E-state index in [1.165, 1.54) is 5.56 Å². The molecule has 0 atom stereocenters. The molecule has 0 radical (unpaired) electrons. The standard InChI is InChI=1S/C27H22N2O2/c1-2-18-12-15-25-24(16-18)29-26(31-25)17-19-10-13-21(14-11-19)28-27(30)23-9-5-7-20-6-3-4-8-22(20)23/h3-16H,2,17H2,1H3,(H,28,30). The Bertz CT molecular complexity index is 1380. The van der Waals surface area contributed by atoms with Gasteiger partial charge < -0.3 is 9.73 Å². The zero-order valence-corrected chi connectivity index (χ0v) is 17.3. The van der Waals surface area contributed by atoms with Crippen molar-refractivity contribution < 1.29 is 9.21 Å². The molecule has 5 aromatic rings. The molecule has 0 fully saturated rings.